The lowest BCUT2D eigenvalue weighted by Crippen LogP contribution is -2.49. The average molecular weight is 413 g/mol. The van der Waals surface area contributed by atoms with Crippen LogP contribution in [0.5, 0.6) is 0 Å². The van der Waals surface area contributed by atoms with Crippen LogP contribution in [0.15, 0.2) is 53.2 Å². The molecule has 0 spiro atoms. The van der Waals surface area contributed by atoms with Crippen molar-refractivity contribution < 1.29 is 9.59 Å². The number of carbonyl (C=O) groups is 2. The molecule has 0 aliphatic carbocycles. The summed E-state index contributed by atoms with van der Waals surface area (Å²) < 4.78 is 0. The Hall–Kier alpha value is -2.71. The van der Waals surface area contributed by atoms with Crippen LogP contribution in [-0.2, 0) is 11.2 Å². The predicted molar refractivity (Wildman–Crippen MR) is 113 cm³/mol. The molecule has 1 fully saturated rings. The summed E-state index contributed by atoms with van der Waals surface area (Å²) in [5, 5.41) is 7.01. The summed E-state index contributed by atoms with van der Waals surface area (Å²) in [4.78, 5) is 33.9. The van der Waals surface area contributed by atoms with Gasteiger partial charge in [-0.25, -0.2) is 4.98 Å². The van der Waals surface area contributed by atoms with Gasteiger partial charge in [0.15, 0.2) is 5.13 Å². The lowest BCUT2D eigenvalue weighted by molar-refractivity contribution is -0.130. The molecule has 1 aromatic carbocycles. The number of amides is 2. The maximum absolute atomic E-state index is 12.6. The molecular weight excluding hydrogens is 392 g/mol. The largest absolute Gasteiger partial charge is 0.368 e. The van der Waals surface area contributed by atoms with E-state index in [1.807, 2.05) is 39.9 Å². The van der Waals surface area contributed by atoms with E-state index >= 15 is 0 Å². The van der Waals surface area contributed by atoms with Gasteiger partial charge >= 0.3 is 0 Å². The van der Waals surface area contributed by atoms with Crippen LogP contribution in [0.4, 0.5) is 10.8 Å². The highest BCUT2D eigenvalue weighted by atomic mass is 32.1. The Morgan fingerprint density at radius 2 is 1.79 bits per heavy atom. The minimum absolute atomic E-state index is 0.0779. The molecule has 1 saturated heterocycles. The third kappa shape index (κ3) is 4.40. The van der Waals surface area contributed by atoms with Crippen LogP contribution in [0.3, 0.4) is 0 Å². The Morgan fingerprint density at radius 1 is 1.00 bits per heavy atom. The summed E-state index contributed by atoms with van der Waals surface area (Å²) in [6.07, 6.45) is 0.261. The summed E-state index contributed by atoms with van der Waals surface area (Å²) in [6, 6.07) is 13.9. The van der Waals surface area contributed by atoms with Gasteiger partial charge in [-0.3, -0.25) is 14.9 Å². The van der Waals surface area contributed by atoms with Crippen molar-refractivity contribution in [1.82, 2.24) is 9.88 Å². The van der Waals surface area contributed by atoms with Gasteiger partial charge in [0.1, 0.15) is 0 Å². The molecule has 1 aliphatic rings. The maximum atomic E-state index is 12.6. The second kappa shape index (κ2) is 8.53. The van der Waals surface area contributed by atoms with E-state index in [-0.39, 0.29) is 18.2 Å². The Labute approximate surface area is 171 Å². The highest BCUT2D eigenvalue weighted by Crippen LogP contribution is 2.20. The van der Waals surface area contributed by atoms with Gasteiger partial charge in [-0.05, 0) is 23.6 Å². The van der Waals surface area contributed by atoms with Gasteiger partial charge in [0.05, 0.1) is 17.0 Å². The number of thiazole rings is 1. The number of benzene rings is 1. The van der Waals surface area contributed by atoms with Crippen molar-refractivity contribution >= 4 is 45.3 Å². The van der Waals surface area contributed by atoms with Gasteiger partial charge in [-0.15, -0.1) is 22.7 Å². The fraction of sp³-hybridized carbons (Fsp3) is 0.250. The van der Waals surface area contributed by atoms with E-state index in [4.69, 9.17) is 0 Å². The van der Waals surface area contributed by atoms with Crippen LogP contribution in [-0.4, -0.2) is 47.9 Å². The molecule has 28 heavy (non-hydrogen) atoms. The molecule has 0 radical (unpaired) electrons. The first kappa shape index (κ1) is 18.6. The molecule has 2 aromatic heterocycles. The minimum Gasteiger partial charge on any atom is -0.368 e. The van der Waals surface area contributed by atoms with Gasteiger partial charge in [-0.2, -0.15) is 0 Å². The Morgan fingerprint density at radius 3 is 2.50 bits per heavy atom. The predicted octanol–water partition coefficient (Wildman–Crippen LogP) is 3.35. The molecule has 144 valence electrons. The fourth-order valence-electron chi connectivity index (χ4n) is 3.13. The molecule has 2 amide bonds. The lowest BCUT2D eigenvalue weighted by atomic mass is 10.2. The number of rotatable bonds is 5. The van der Waals surface area contributed by atoms with Crippen molar-refractivity contribution in [2.24, 2.45) is 0 Å². The number of carbonyl (C=O) groups excluding carboxylic acids is 2. The summed E-state index contributed by atoms with van der Waals surface area (Å²) in [6.45, 7) is 3.07. The summed E-state index contributed by atoms with van der Waals surface area (Å²) >= 11 is 2.73. The first-order chi connectivity index (χ1) is 13.7. The van der Waals surface area contributed by atoms with Crippen LogP contribution in [0.2, 0.25) is 0 Å². The zero-order valence-electron chi connectivity index (χ0n) is 15.2. The number of anilines is 2. The molecule has 3 heterocycles. The molecule has 1 aliphatic heterocycles. The number of piperazine rings is 1. The van der Waals surface area contributed by atoms with Crippen molar-refractivity contribution in [2.45, 2.75) is 6.42 Å². The van der Waals surface area contributed by atoms with Crippen molar-refractivity contribution in [1.29, 1.82) is 0 Å². The monoisotopic (exact) mass is 412 g/mol. The summed E-state index contributed by atoms with van der Waals surface area (Å²) in [7, 11) is 0. The Kier molecular flexibility index (Phi) is 5.68. The fourth-order valence-corrected chi connectivity index (χ4v) is 4.46. The zero-order valence-corrected chi connectivity index (χ0v) is 16.8. The topological polar surface area (TPSA) is 65.5 Å². The third-order valence-corrected chi connectivity index (χ3v) is 6.28. The van der Waals surface area contributed by atoms with E-state index < -0.39 is 0 Å². The molecule has 0 atom stereocenters. The number of nitrogens with one attached hydrogen (secondary N) is 1. The first-order valence-corrected chi connectivity index (χ1v) is 10.8. The molecular formula is C20H20N4O2S2. The second-order valence-electron chi connectivity index (χ2n) is 6.46. The van der Waals surface area contributed by atoms with Crippen LogP contribution in [0.25, 0.3) is 0 Å². The van der Waals surface area contributed by atoms with E-state index in [9.17, 15) is 9.59 Å². The minimum atomic E-state index is -0.167. The average Bonchev–Trinajstić information content (AvgIpc) is 3.41. The van der Waals surface area contributed by atoms with E-state index in [0.29, 0.717) is 28.8 Å². The number of aromatic nitrogens is 1. The lowest BCUT2D eigenvalue weighted by Gasteiger charge is -2.36. The first-order valence-electron chi connectivity index (χ1n) is 9.06. The number of hydrogen-bond acceptors (Lipinski definition) is 6. The quantitative estimate of drug-likeness (QED) is 0.698. The van der Waals surface area contributed by atoms with Crippen LogP contribution in [0, 0.1) is 0 Å². The second-order valence-corrected chi connectivity index (χ2v) is 8.26. The van der Waals surface area contributed by atoms with Crippen molar-refractivity contribution in [3.8, 4) is 0 Å². The van der Waals surface area contributed by atoms with Crippen molar-refractivity contribution in [3.63, 3.8) is 0 Å². The zero-order chi connectivity index (χ0) is 19.3. The SMILES string of the molecule is O=C(Nc1nc(CC(=O)N2CCN(c3ccccc3)CC2)cs1)c1cccs1. The maximum Gasteiger partial charge on any atom is 0.267 e. The van der Waals surface area contributed by atoms with Crippen LogP contribution < -0.4 is 10.2 Å². The number of nitrogens with zero attached hydrogens (tertiary/aromatic N) is 3. The Bertz CT molecular complexity index is 932. The standard InChI is InChI=1S/C20H20N4O2S2/c25-18(24-10-8-23(9-11-24)16-5-2-1-3-6-16)13-15-14-28-20(21-15)22-19(26)17-7-4-12-27-17/h1-7,12,14H,8-11,13H2,(H,21,22,26). The van der Waals surface area contributed by atoms with Crippen LogP contribution >= 0.6 is 22.7 Å². The summed E-state index contributed by atoms with van der Waals surface area (Å²) in [5.41, 5.74) is 1.89. The number of hydrogen-bond donors (Lipinski definition) is 1. The van der Waals surface area contributed by atoms with Crippen molar-refractivity contribution in [3.05, 3.63) is 63.8 Å². The molecule has 6 nitrogen and oxygen atoms in total. The molecule has 1 N–H and O–H groups in total. The molecule has 4 rings (SSSR count). The number of thiophene rings is 1. The van der Waals surface area contributed by atoms with Gasteiger partial charge in [0, 0.05) is 37.2 Å². The van der Waals surface area contributed by atoms with E-state index in [2.05, 4.69) is 27.3 Å². The van der Waals surface area contributed by atoms with E-state index in [0.717, 1.165) is 13.1 Å². The molecule has 3 aromatic rings. The van der Waals surface area contributed by atoms with Crippen LogP contribution in [0.1, 0.15) is 15.4 Å². The van der Waals surface area contributed by atoms with Gasteiger partial charge in [-0.1, -0.05) is 24.3 Å². The highest BCUT2D eigenvalue weighted by molar-refractivity contribution is 7.14. The van der Waals surface area contributed by atoms with Crippen molar-refractivity contribution in [2.75, 3.05) is 36.4 Å². The van der Waals surface area contributed by atoms with E-state index in [1.54, 1.807) is 6.07 Å². The van der Waals surface area contributed by atoms with E-state index in [1.165, 1.54) is 28.4 Å². The molecule has 8 heteroatoms. The van der Waals surface area contributed by atoms with Gasteiger partial charge in [0.2, 0.25) is 5.91 Å². The molecule has 0 saturated carbocycles. The Balaban J connectivity index is 1.29. The summed E-state index contributed by atoms with van der Waals surface area (Å²) in [5.74, 6) is -0.0894. The molecule has 0 unspecified atom stereocenters. The third-order valence-electron chi connectivity index (χ3n) is 4.60. The van der Waals surface area contributed by atoms with Gasteiger partial charge < -0.3 is 9.80 Å². The highest BCUT2D eigenvalue weighted by Gasteiger charge is 2.22. The smallest absolute Gasteiger partial charge is 0.267 e. The molecule has 0 bridgehead atoms. The number of para-hydroxylation sites is 1. The normalized spacial score (nSPS) is 14.1. The van der Waals surface area contributed by atoms with Gasteiger partial charge in [0.25, 0.3) is 5.91 Å².